The molecule has 2 unspecified atom stereocenters. The van der Waals surface area contributed by atoms with Crippen LogP contribution in [0.3, 0.4) is 0 Å². The predicted molar refractivity (Wildman–Crippen MR) is 155 cm³/mol. The zero-order valence-corrected chi connectivity index (χ0v) is 23.1. The zero-order chi connectivity index (χ0) is 26.6. The molecule has 0 radical (unpaired) electrons. The summed E-state index contributed by atoms with van der Waals surface area (Å²) in [6.45, 7) is 6.90. The molecule has 38 heavy (non-hydrogen) atoms. The monoisotopic (exact) mass is 522 g/mol. The molecule has 1 aliphatic rings. The predicted octanol–water partition coefficient (Wildman–Crippen LogP) is 7.14. The molecule has 2 amide bonds. The molecule has 0 fully saturated rings. The lowest BCUT2D eigenvalue weighted by molar-refractivity contribution is -0.134. The van der Waals surface area contributed by atoms with Crippen molar-refractivity contribution in [2.75, 3.05) is 13.1 Å². The van der Waals surface area contributed by atoms with Crippen molar-refractivity contribution < 1.29 is 9.59 Å². The van der Waals surface area contributed by atoms with Gasteiger partial charge in [0.1, 0.15) is 6.54 Å². The van der Waals surface area contributed by atoms with Crippen LogP contribution in [0.5, 0.6) is 0 Å². The first-order valence-corrected chi connectivity index (χ1v) is 14.2. The molecule has 0 aliphatic carbocycles. The Kier molecular flexibility index (Phi) is 7.75. The van der Waals surface area contributed by atoms with E-state index < -0.39 is 0 Å². The Labute approximate surface area is 229 Å². The van der Waals surface area contributed by atoms with Crippen molar-refractivity contribution in [1.82, 2.24) is 9.80 Å². The Hall–Kier alpha value is -3.70. The minimum Gasteiger partial charge on any atom is -0.330 e. The van der Waals surface area contributed by atoms with Gasteiger partial charge in [0, 0.05) is 23.0 Å². The SMILES string of the molecule is CCC(C)N(CC(=O)N1CCc2sccc2C1c1ccccc1C)C(=O)c1ccc(-c2ccccc2)cc1. The van der Waals surface area contributed by atoms with Crippen molar-refractivity contribution in [3.8, 4) is 11.1 Å². The van der Waals surface area contributed by atoms with E-state index in [2.05, 4.69) is 49.6 Å². The van der Waals surface area contributed by atoms with Crippen LogP contribution in [0, 0.1) is 6.92 Å². The number of benzene rings is 3. The van der Waals surface area contributed by atoms with E-state index in [0.29, 0.717) is 12.1 Å². The highest BCUT2D eigenvalue weighted by molar-refractivity contribution is 7.10. The van der Waals surface area contributed by atoms with Gasteiger partial charge in [-0.05, 0) is 78.1 Å². The second-order valence-electron chi connectivity index (χ2n) is 10.0. The van der Waals surface area contributed by atoms with Gasteiger partial charge in [0.25, 0.3) is 5.91 Å². The number of aryl methyl sites for hydroxylation is 1. The standard InChI is InChI=1S/C33H34N2O2S/c1-4-24(3)35(33(37)27-16-14-26(15-17-27)25-11-6-5-7-12-25)22-31(36)34-20-18-30-29(19-21-38-30)32(34)28-13-9-8-10-23(28)2/h5-17,19,21,24,32H,4,18,20,22H2,1-3H3. The van der Waals surface area contributed by atoms with Crippen LogP contribution < -0.4 is 0 Å². The second kappa shape index (κ2) is 11.4. The van der Waals surface area contributed by atoms with Crippen LogP contribution >= 0.6 is 11.3 Å². The van der Waals surface area contributed by atoms with Crippen LogP contribution in [0.15, 0.2) is 90.3 Å². The fourth-order valence-corrected chi connectivity index (χ4v) is 6.20. The molecule has 3 aromatic carbocycles. The van der Waals surface area contributed by atoms with E-state index in [1.165, 1.54) is 16.0 Å². The van der Waals surface area contributed by atoms with E-state index in [4.69, 9.17) is 0 Å². The molecule has 5 heteroatoms. The van der Waals surface area contributed by atoms with Crippen LogP contribution in [0.4, 0.5) is 0 Å². The van der Waals surface area contributed by atoms with Gasteiger partial charge in [-0.3, -0.25) is 9.59 Å². The minimum atomic E-state index is -0.127. The Bertz CT molecular complexity index is 1410. The van der Waals surface area contributed by atoms with Gasteiger partial charge in [-0.25, -0.2) is 0 Å². The molecule has 2 heterocycles. The molecule has 0 N–H and O–H groups in total. The average Bonchev–Trinajstić information content (AvgIpc) is 3.45. The fourth-order valence-electron chi connectivity index (χ4n) is 5.30. The third-order valence-corrected chi connectivity index (χ3v) is 8.69. The summed E-state index contributed by atoms with van der Waals surface area (Å²) < 4.78 is 0. The Morgan fingerprint density at radius 2 is 1.61 bits per heavy atom. The average molecular weight is 523 g/mol. The molecule has 194 valence electrons. The number of hydrogen-bond acceptors (Lipinski definition) is 3. The number of nitrogens with zero attached hydrogens (tertiary/aromatic N) is 2. The second-order valence-corrected chi connectivity index (χ2v) is 11.0. The Balaban J connectivity index is 1.41. The summed E-state index contributed by atoms with van der Waals surface area (Å²) in [7, 11) is 0. The highest BCUT2D eigenvalue weighted by Crippen LogP contribution is 2.39. The molecule has 0 saturated heterocycles. The number of rotatable bonds is 7. The third-order valence-electron chi connectivity index (χ3n) is 7.70. The molecule has 5 rings (SSSR count). The van der Waals surface area contributed by atoms with Crippen molar-refractivity contribution >= 4 is 23.2 Å². The van der Waals surface area contributed by atoms with Gasteiger partial charge in [0.05, 0.1) is 6.04 Å². The van der Waals surface area contributed by atoms with Crippen LogP contribution in [0.2, 0.25) is 0 Å². The molecule has 0 bridgehead atoms. The van der Waals surface area contributed by atoms with Crippen LogP contribution in [0.1, 0.15) is 58.2 Å². The summed E-state index contributed by atoms with van der Waals surface area (Å²) in [6, 6.07) is 28.1. The first kappa shape index (κ1) is 25.9. The van der Waals surface area contributed by atoms with Crippen molar-refractivity contribution in [3.63, 3.8) is 0 Å². The molecule has 4 nitrogen and oxygen atoms in total. The molecule has 2 atom stereocenters. The van der Waals surface area contributed by atoms with Crippen molar-refractivity contribution in [3.05, 3.63) is 117 Å². The fraction of sp³-hybridized carbons (Fsp3) is 0.273. The van der Waals surface area contributed by atoms with Gasteiger partial charge in [0.2, 0.25) is 5.91 Å². The van der Waals surface area contributed by atoms with E-state index in [0.717, 1.165) is 29.5 Å². The maximum atomic E-state index is 14.0. The summed E-state index contributed by atoms with van der Waals surface area (Å²) in [5, 5.41) is 2.12. The largest absolute Gasteiger partial charge is 0.330 e. The highest BCUT2D eigenvalue weighted by Gasteiger charge is 2.35. The molecular formula is C33H34N2O2S. The molecule has 1 aromatic heterocycles. The molecular weight excluding hydrogens is 488 g/mol. The molecule has 4 aromatic rings. The van der Waals surface area contributed by atoms with Crippen LogP contribution in [0.25, 0.3) is 11.1 Å². The summed E-state index contributed by atoms with van der Waals surface area (Å²) in [6.07, 6.45) is 1.62. The maximum Gasteiger partial charge on any atom is 0.254 e. The minimum absolute atomic E-state index is 0.00958. The summed E-state index contributed by atoms with van der Waals surface area (Å²) in [4.78, 5) is 32.8. The normalized spacial score (nSPS) is 15.6. The van der Waals surface area contributed by atoms with Gasteiger partial charge < -0.3 is 9.80 Å². The molecule has 1 aliphatic heterocycles. The zero-order valence-electron chi connectivity index (χ0n) is 22.3. The number of thiophene rings is 1. The topological polar surface area (TPSA) is 40.6 Å². The lowest BCUT2D eigenvalue weighted by Gasteiger charge is -2.39. The lowest BCUT2D eigenvalue weighted by atomic mass is 9.90. The summed E-state index contributed by atoms with van der Waals surface area (Å²) in [5.41, 5.74) is 6.31. The number of fused-ring (bicyclic) bond motifs is 1. The quantitative estimate of drug-likeness (QED) is 0.259. The van der Waals surface area contributed by atoms with Crippen molar-refractivity contribution in [1.29, 1.82) is 0 Å². The van der Waals surface area contributed by atoms with E-state index in [1.54, 1.807) is 16.2 Å². The van der Waals surface area contributed by atoms with E-state index in [1.807, 2.05) is 66.4 Å². The first-order valence-electron chi connectivity index (χ1n) is 13.4. The first-order chi connectivity index (χ1) is 18.5. The Morgan fingerprint density at radius 3 is 2.32 bits per heavy atom. The third kappa shape index (κ3) is 5.16. The number of amides is 2. The molecule has 0 saturated carbocycles. The van der Waals surface area contributed by atoms with E-state index >= 15 is 0 Å². The van der Waals surface area contributed by atoms with Gasteiger partial charge in [0.15, 0.2) is 0 Å². The van der Waals surface area contributed by atoms with Gasteiger partial charge in [-0.15, -0.1) is 11.3 Å². The van der Waals surface area contributed by atoms with Gasteiger partial charge in [-0.2, -0.15) is 0 Å². The van der Waals surface area contributed by atoms with Crippen molar-refractivity contribution in [2.45, 2.75) is 45.7 Å². The number of carbonyl (C=O) groups is 2. The highest BCUT2D eigenvalue weighted by atomic mass is 32.1. The van der Waals surface area contributed by atoms with Crippen LogP contribution in [-0.2, 0) is 11.2 Å². The number of hydrogen-bond donors (Lipinski definition) is 0. The number of carbonyl (C=O) groups excluding carboxylic acids is 2. The van der Waals surface area contributed by atoms with E-state index in [-0.39, 0.29) is 30.4 Å². The van der Waals surface area contributed by atoms with E-state index in [9.17, 15) is 9.59 Å². The van der Waals surface area contributed by atoms with Crippen molar-refractivity contribution in [2.24, 2.45) is 0 Å². The smallest absolute Gasteiger partial charge is 0.254 e. The summed E-state index contributed by atoms with van der Waals surface area (Å²) >= 11 is 1.76. The van der Waals surface area contributed by atoms with Crippen LogP contribution in [-0.4, -0.2) is 40.7 Å². The Morgan fingerprint density at radius 1 is 0.921 bits per heavy atom. The molecule has 0 spiro atoms. The lowest BCUT2D eigenvalue weighted by Crippen LogP contribution is -2.49. The summed E-state index contributed by atoms with van der Waals surface area (Å²) in [5.74, 6) is -0.113. The van der Waals surface area contributed by atoms with Gasteiger partial charge >= 0.3 is 0 Å². The van der Waals surface area contributed by atoms with Gasteiger partial charge in [-0.1, -0.05) is 73.7 Å². The maximum absolute atomic E-state index is 14.0.